The molecule has 4 rings (SSSR count). The molecule has 2 nitrogen and oxygen atoms in total. The molecule has 114 valence electrons. The van der Waals surface area contributed by atoms with Crippen LogP contribution in [0.15, 0.2) is 60.7 Å². The van der Waals surface area contributed by atoms with Crippen LogP contribution in [-0.2, 0) is 0 Å². The first kappa shape index (κ1) is 10.2. The number of benzene rings is 2. The molecule has 2 heterocycles. The lowest BCUT2D eigenvalue weighted by atomic mass is 9.96. The Kier molecular flexibility index (Phi) is 2.33. The van der Waals surface area contributed by atoms with Gasteiger partial charge >= 0.3 is 0 Å². The molecule has 2 aromatic carbocycles. The van der Waals surface area contributed by atoms with Crippen LogP contribution < -0.4 is 4.57 Å². The van der Waals surface area contributed by atoms with Gasteiger partial charge in [-0.05, 0) is 30.2 Å². The summed E-state index contributed by atoms with van der Waals surface area (Å²) in [5.74, 6) is -0.926. The summed E-state index contributed by atoms with van der Waals surface area (Å²) in [7, 11) is 0. The fraction of sp³-hybridized carbons (Fsp3) is 0.190. The van der Waals surface area contributed by atoms with Gasteiger partial charge in [0.2, 0.25) is 0 Å². The second kappa shape index (κ2) is 5.24. The van der Waals surface area contributed by atoms with Crippen molar-refractivity contribution in [2.45, 2.75) is 26.6 Å². The molecule has 2 heteroatoms. The molecule has 1 atom stereocenters. The Bertz CT molecular complexity index is 1050. The maximum Gasteiger partial charge on any atom is 0.263 e. The Balaban J connectivity index is 2.07. The van der Waals surface area contributed by atoms with Crippen molar-refractivity contribution in [2.75, 3.05) is 0 Å². The van der Waals surface area contributed by atoms with Gasteiger partial charge in [0.05, 0.1) is 12.1 Å². The van der Waals surface area contributed by atoms with Gasteiger partial charge in [-0.2, -0.15) is 4.57 Å². The monoisotopic (exact) mass is 305 g/mol. The molecule has 0 N–H and O–H groups in total. The Labute approximate surface area is 143 Å². The van der Waals surface area contributed by atoms with Gasteiger partial charge in [0, 0.05) is 19.3 Å². The smallest absolute Gasteiger partial charge is 0.203 e. The van der Waals surface area contributed by atoms with E-state index in [-0.39, 0.29) is 5.82 Å². The second-order valence-electron chi connectivity index (χ2n) is 5.84. The van der Waals surface area contributed by atoms with Gasteiger partial charge in [0.15, 0.2) is 5.69 Å². The van der Waals surface area contributed by atoms with Gasteiger partial charge in [-0.1, -0.05) is 48.5 Å². The lowest BCUT2D eigenvalue weighted by Gasteiger charge is -2.08. The molecule has 3 aromatic rings. The Morgan fingerprint density at radius 3 is 2.52 bits per heavy atom. The third-order valence-electron chi connectivity index (χ3n) is 4.45. The second-order valence-corrected chi connectivity index (χ2v) is 5.84. The fourth-order valence-corrected chi connectivity index (χ4v) is 3.31. The van der Waals surface area contributed by atoms with Crippen LogP contribution in [0.25, 0.3) is 11.9 Å². The highest BCUT2D eigenvalue weighted by Crippen LogP contribution is 2.34. The number of imidazole rings is 1. The zero-order valence-electron chi connectivity index (χ0n) is 17.2. The van der Waals surface area contributed by atoms with E-state index in [2.05, 4.69) is 0 Å². The number of rotatable bonds is 2. The van der Waals surface area contributed by atoms with Crippen molar-refractivity contribution in [2.24, 2.45) is 0 Å². The highest BCUT2D eigenvalue weighted by atomic mass is 15.2. The molecule has 1 aliphatic heterocycles. The van der Waals surface area contributed by atoms with Crippen LogP contribution in [0.4, 0.5) is 0 Å². The highest BCUT2D eigenvalue weighted by molar-refractivity contribution is 5.49. The molecule has 0 saturated carbocycles. The first-order chi connectivity index (χ1) is 12.7. The summed E-state index contributed by atoms with van der Waals surface area (Å²) < 4.78 is 37.1. The van der Waals surface area contributed by atoms with Crippen molar-refractivity contribution in [1.29, 1.82) is 0 Å². The van der Waals surface area contributed by atoms with Gasteiger partial charge in [-0.15, -0.1) is 0 Å². The highest BCUT2D eigenvalue weighted by Gasteiger charge is 2.34. The normalized spacial score (nSPS) is 22.2. The topological polar surface area (TPSA) is 8.81 Å². The van der Waals surface area contributed by atoms with Crippen molar-refractivity contribution in [1.82, 2.24) is 4.57 Å². The molecular formula is C21H21N2+. The minimum absolute atomic E-state index is 0.200. The lowest BCUT2D eigenvalue weighted by molar-refractivity contribution is -0.609. The van der Waals surface area contributed by atoms with E-state index in [1.165, 1.54) is 0 Å². The maximum absolute atomic E-state index is 9.17. The molecule has 1 aromatic heterocycles. The third kappa shape index (κ3) is 2.06. The number of allylic oxidation sites excluding steroid dienone is 1. The number of nitrogens with zero attached hydrogens (tertiary/aromatic N) is 2. The average molecular weight is 305 g/mol. The first-order valence-electron chi connectivity index (χ1n) is 9.74. The van der Waals surface area contributed by atoms with E-state index in [9.17, 15) is 1.37 Å². The first-order valence-corrected chi connectivity index (χ1v) is 7.74. The Morgan fingerprint density at radius 2 is 1.78 bits per heavy atom. The predicted molar refractivity (Wildman–Crippen MR) is 93.8 cm³/mol. The van der Waals surface area contributed by atoms with E-state index >= 15 is 0 Å². The molecule has 0 spiro atoms. The quantitative estimate of drug-likeness (QED) is 0.624. The minimum Gasteiger partial charge on any atom is -0.203 e. The largest absolute Gasteiger partial charge is 0.263 e. The molecule has 23 heavy (non-hydrogen) atoms. The molecule has 0 amide bonds. The van der Waals surface area contributed by atoms with Crippen LogP contribution >= 0.6 is 0 Å². The summed E-state index contributed by atoms with van der Waals surface area (Å²) in [6.45, 7) is 1.54. The summed E-state index contributed by atoms with van der Waals surface area (Å²) in [6, 6.07) is 17.3. The van der Waals surface area contributed by atoms with Crippen LogP contribution in [0.5, 0.6) is 0 Å². The zero-order valence-corrected chi connectivity index (χ0v) is 13.2. The molecular weight excluding hydrogens is 280 g/mol. The van der Waals surface area contributed by atoms with E-state index in [1.807, 2.05) is 68.4 Å². The van der Waals surface area contributed by atoms with Crippen LogP contribution in [0.3, 0.4) is 0 Å². The van der Waals surface area contributed by atoms with Crippen molar-refractivity contribution in [3.8, 4) is 5.69 Å². The van der Waals surface area contributed by atoms with E-state index in [1.54, 1.807) is 21.4 Å². The fourth-order valence-electron chi connectivity index (χ4n) is 3.31. The standard InChI is InChI=1S/C21H21N2/c1-15-9-7-8-12-20(15)23-16(2)21-19(13-14-22(21)17(23)3)18-10-5-4-6-11-18/h4-14,19H,1-3H3/q+1/i3D3,19D. The minimum atomic E-state index is -2.32. The van der Waals surface area contributed by atoms with E-state index < -0.39 is 12.7 Å². The number of aromatic nitrogens is 2. The van der Waals surface area contributed by atoms with Gasteiger partial charge < -0.3 is 0 Å². The van der Waals surface area contributed by atoms with Crippen molar-refractivity contribution >= 4 is 6.20 Å². The van der Waals surface area contributed by atoms with Crippen LogP contribution in [-0.4, -0.2) is 4.57 Å². The maximum atomic E-state index is 9.17. The third-order valence-corrected chi connectivity index (χ3v) is 4.45. The van der Waals surface area contributed by atoms with E-state index in [0.717, 1.165) is 22.5 Å². The summed E-state index contributed by atoms with van der Waals surface area (Å²) in [5, 5.41) is 0. The molecule has 0 radical (unpaired) electrons. The summed E-state index contributed by atoms with van der Waals surface area (Å²) in [4.78, 5) is 0. The van der Waals surface area contributed by atoms with Crippen molar-refractivity contribution in [3.63, 3.8) is 0 Å². The molecule has 0 saturated heterocycles. The summed E-state index contributed by atoms with van der Waals surface area (Å²) >= 11 is 0. The van der Waals surface area contributed by atoms with E-state index in [4.69, 9.17) is 4.11 Å². The van der Waals surface area contributed by atoms with Gasteiger partial charge in [-0.25, -0.2) is 4.57 Å². The average Bonchev–Trinajstić information content (AvgIpc) is 3.13. The molecule has 0 bridgehead atoms. The van der Waals surface area contributed by atoms with Crippen molar-refractivity contribution in [3.05, 3.63) is 89.0 Å². The zero-order chi connectivity index (χ0) is 19.4. The lowest BCUT2D eigenvalue weighted by Crippen LogP contribution is -2.36. The van der Waals surface area contributed by atoms with Gasteiger partial charge in [0.25, 0.3) is 5.82 Å². The van der Waals surface area contributed by atoms with E-state index in [0.29, 0.717) is 5.69 Å². The number of aryl methyl sites for hydroxylation is 1. The van der Waals surface area contributed by atoms with Crippen LogP contribution in [0.1, 0.15) is 39.7 Å². The SMILES string of the molecule is [2H]C([2H])([2H])c1n2c(c(C)[n+]1-c1ccccc1C)C([2H])(c1ccccc1)C=C2. The Hall–Kier alpha value is -2.61. The van der Waals surface area contributed by atoms with Crippen LogP contribution in [0, 0.1) is 20.7 Å². The summed E-state index contributed by atoms with van der Waals surface area (Å²) in [5.41, 5.74) is 4.06. The number of para-hydroxylation sites is 1. The number of hydrogen-bond acceptors (Lipinski definition) is 0. The number of fused-ring (bicyclic) bond motifs is 1. The Morgan fingerprint density at radius 1 is 1.04 bits per heavy atom. The molecule has 0 fully saturated rings. The number of hydrogen-bond donors (Lipinski definition) is 0. The molecule has 1 aliphatic rings. The summed E-state index contributed by atoms with van der Waals surface area (Å²) in [6.07, 6.45) is 3.49. The van der Waals surface area contributed by atoms with Gasteiger partial charge in [0.1, 0.15) is 11.4 Å². The van der Waals surface area contributed by atoms with Gasteiger partial charge in [-0.3, -0.25) is 0 Å². The van der Waals surface area contributed by atoms with Crippen molar-refractivity contribution < 1.29 is 10.1 Å². The molecule has 0 aliphatic carbocycles. The molecule has 1 unspecified atom stereocenters. The van der Waals surface area contributed by atoms with Crippen LogP contribution in [0.2, 0.25) is 0 Å². The predicted octanol–water partition coefficient (Wildman–Crippen LogP) is 4.31.